The molecule has 0 saturated heterocycles. The molecule has 1 N–H and O–H groups in total. The normalized spacial score (nSPS) is 10.7. The number of carbonyl (C=O) groups is 1. The summed E-state index contributed by atoms with van der Waals surface area (Å²) in [4.78, 5) is 16.4. The minimum absolute atomic E-state index is 0.289. The van der Waals surface area contributed by atoms with E-state index in [0.29, 0.717) is 21.6 Å². The van der Waals surface area contributed by atoms with Crippen LogP contribution in [0.1, 0.15) is 28.8 Å². The topological polar surface area (TPSA) is 80.9 Å². The molecule has 1 amide bonds. The summed E-state index contributed by atoms with van der Waals surface area (Å²) < 4.78 is 5.26. The molecule has 3 aromatic rings. The summed E-state index contributed by atoms with van der Waals surface area (Å²) in [5.74, 6) is 0.364. The number of aromatic nitrogens is 3. The fourth-order valence-electron chi connectivity index (χ4n) is 1.67. The maximum Gasteiger partial charge on any atom is 0.276 e. The van der Waals surface area contributed by atoms with E-state index in [1.807, 2.05) is 6.07 Å². The average molecular weight is 320 g/mol. The molecule has 3 heterocycles. The van der Waals surface area contributed by atoms with Crippen molar-refractivity contribution in [2.75, 3.05) is 5.32 Å². The van der Waals surface area contributed by atoms with Crippen LogP contribution in [-0.4, -0.2) is 21.1 Å². The Morgan fingerprint density at radius 3 is 3.10 bits per heavy atom. The van der Waals surface area contributed by atoms with Crippen LogP contribution in [0.4, 0.5) is 5.13 Å². The van der Waals surface area contributed by atoms with Crippen molar-refractivity contribution in [3.05, 3.63) is 34.5 Å². The lowest BCUT2D eigenvalue weighted by atomic mass is 10.4. The Hall–Kier alpha value is -2.06. The maximum absolute atomic E-state index is 12.1. The number of hydrogen-bond acceptors (Lipinski definition) is 7. The van der Waals surface area contributed by atoms with Crippen LogP contribution in [-0.2, 0) is 6.42 Å². The third kappa shape index (κ3) is 3.17. The highest BCUT2D eigenvalue weighted by Crippen LogP contribution is 2.24. The molecule has 8 heteroatoms. The number of thiazole rings is 1. The van der Waals surface area contributed by atoms with E-state index in [9.17, 15) is 4.79 Å². The van der Waals surface area contributed by atoms with Crippen LogP contribution in [0.5, 0.6) is 0 Å². The van der Waals surface area contributed by atoms with Gasteiger partial charge in [0.2, 0.25) is 5.13 Å². The monoisotopic (exact) mass is 320 g/mol. The van der Waals surface area contributed by atoms with E-state index in [1.54, 1.807) is 17.7 Å². The second kappa shape index (κ2) is 6.15. The summed E-state index contributed by atoms with van der Waals surface area (Å²) in [7, 11) is 0. The summed E-state index contributed by atoms with van der Waals surface area (Å²) in [5, 5.41) is 14.5. The summed E-state index contributed by atoms with van der Waals surface area (Å²) in [5.41, 5.74) is 0.346. The van der Waals surface area contributed by atoms with Crippen molar-refractivity contribution >= 4 is 33.7 Å². The molecule has 0 unspecified atom stereocenters. The van der Waals surface area contributed by atoms with Gasteiger partial charge in [0.25, 0.3) is 5.91 Å². The maximum atomic E-state index is 12.1. The van der Waals surface area contributed by atoms with E-state index in [1.165, 1.54) is 22.7 Å². The molecule has 3 aromatic heterocycles. The lowest BCUT2D eigenvalue weighted by Crippen LogP contribution is -2.12. The smallest absolute Gasteiger partial charge is 0.276 e. The summed E-state index contributed by atoms with van der Waals surface area (Å²) in [6.07, 6.45) is 3.45. The average Bonchev–Trinajstić information content (AvgIpc) is 3.20. The number of aryl methyl sites for hydroxylation is 1. The molecule has 0 aromatic carbocycles. The Bertz CT molecular complexity index is 733. The Morgan fingerprint density at radius 1 is 1.43 bits per heavy atom. The Balaban J connectivity index is 1.70. The minimum atomic E-state index is -0.289. The first-order valence-corrected chi connectivity index (χ1v) is 8.09. The highest BCUT2D eigenvalue weighted by Gasteiger charge is 2.15. The van der Waals surface area contributed by atoms with E-state index < -0.39 is 0 Å². The van der Waals surface area contributed by atoms with Gasteiger partial charge in [-0.05, 0) is 18.6 Å². The van der Waals surface area contributed by atoms with Gasteiger partial charge in [-0.1, -0.05) is 18.3 Å². The highest BCUT2D eigenvalue weighted by atomic mass is 32.1. The standard InChI is InChI=1S/C13H12N4O2S2/c1-2-4-10-16-17-13(21-10)15-11(18)8-7-20-12(14-8)9-5-3-6-19-9/h3,5-7H,2,4H2,1H3,(H,15,17,18). The Kier molecular flexibility index (Phi) is 4.07. The second-order valence-corrected chi connectivity index (χ2v) is 6.14. The molecule has 0 aliphatic heterocycles. The zero-order valence-corrected chi connectivity index (χ0v) is 12.8. The van der Waals surface area contributed by atoms with Gasteiger partial charge in [-0.2, -0.15) is 0 Å². The van der Waals surface area contributed by atoms with Gasteiger partial charge in [0, 0.05) is 11.8 Å². The quantitative estimate of drug-likeness (QED) is 0.778. The lowest BCUT2D eigenvalue weighted by Gasteiger charge is -1.96. The van der Waals surface area contributed by atoms with Gasteiger partial charge in [-0.3, -0.25) is 10.1 Å². The van der Waals surface area contributed by atoms with Crippen LogP contribution < -0.4 is 5.32 Å². The van der Waals surface area contributed by atoms with Crippen LogP contribution in [0.15, 0.2) is 28.2 Å². The molecule has 3 rings (SSSR count). The molecule has 0 bridgehead atoms. The molecule has 21 heavy (non-hydrogen) atoms. The predicted molar refractivity (Wildman–Crippen MR) is 81.7 cm³/mol. The van der Waals surface area contributed by atoms with Crippen LogP contribution in [0.25, 0.3) is 10.8 Å². The number of carbonyl (C=O) groups excluding carboxylic acids is 1. The molecule has 0 saturated carbocycles. The van der Waals surface area contributed by atoms with Gasteiger partial charge in [0.15, 0.2) is 10.8 Å². The van der Waals surface area contributed by atoms with Crippen molar-refractivity contribution in [2.24, 2.45) is 0 Å². The zero-order valence-electron chi connectivity index (χ0n) is 11.2. The Labute approximate surface area is 128 Å². The SMILES string of the molecule is CCCc1nnc(NC(=O)c2csc(-c3ccco3)n2)s1. The molecule has 108 valence electrons. The summed E-state index contributed by atoms with van der Waals surface area (Å²) >= 11 is 2.75. The molecular formula is C13H12N4O2S2. The highest BCUT2D eigenvalue weighted by molar-refractivity contribution is 7.15. The number of amides is 1. The van der Waals surface area contributed by atoms with Crippen LogP contribution in [0.3, 0.4) is 0 Å². The largest absolute Gasteiger partial charge is 0.462 e. The molecule has 0 atom stereocenters. The third-order valence-electron chi connectivity index (χ3n) is 2.62. The molecule has 6 nitrogen and oxygen atoms in total. The number of rotatable bonds is 5. The first kappa shape index (κ1) is 13.9. The van der Waals surface area contributed by atoms with E-state index in [-0.39, 0.29) is 5.91 Å². The lowest BCUT2D eigenvalue weighted by molar-refractivity contribution is 0.102. The number of hydrogen-bond donors (Lipinski definition) is 1. The first-order chi connectivity index (χ1) is 10.3. The molecule has 0 radical (unpaired) electrons. The zero-order chi connectivity index (χ0) is 14.7. The molecule has 0 fully saturated rings. The van der Waals surface area contributed by atoms with Crippen molar-refractivity contribution in [3.63, 3.8) is 0 Å². The van der Waals surface area contributed by atoms with Gasteiger partial charge in [-0.15, -0.1) is 21.5 Å². The van der Waals surface area contributed by atoms with Gasteiger partial charge >= 0.3 is 0 Å². The van der Waals surface area contributed by atoms with Crippen molar-refractivity contribution in [3.8, 4) is 10.8 Å². The second-order valence-electron chi connectivity index (χ2n) is 4.22. The molecule has 0 aliphatic rings. The fraction of sp³-hybridized carbons (Fsp3) is 0.231. The van der Waals surface area contributed by atoms with Gasteiger partial charge < -0.3 is 4.42 Å². The summed E-state index contributed by atoms with van der Waals surface area (Å²) in [6, 6.07) is 3.59. The van der Waals surface area contributed by atoms with Crippen molar-refractivity contribution in [1.29, 1.82) is 0 Å². The number of furan rings is 1. The van der Waals surface area contributed by atoms with E-state index in [2.05, 4.69) is 27.4 Å². The number of anilines is 1. The predicted octanol–water partition coefficient (Wildman–Crippen LogP) is 3.46. The van der Waals surface area contributed by atoms with Gasteiger partial charge in [0.05, 0.1) is 6.26 Å². The summed E-state index contributed by atoms with van der Waals surface area (Å²) in [6.45, 7) is 2.07. The number of nitrogens with one attached hydrogen (secondary N) is 1. The number of nitrogens with zero attached hydrogens (tertiary/aromatic N) is 3. The van der Waals surface area contributed by atoms with E-state index in [0.717, 1.165) is 17.8 Å². The third-order valence-corrected chi connectivity index (χ3v) is 4.38. The van der Waals surface area contributed by atoms with Crippen molar-refractivity contribution < 1.29 is 9.21 Å². The van der Waals surface area contributed by atoms with Crippen LogP contribution >= 0.6 is 22.7 Å². The van der Waals surface area contributed by atoms with E-state index in [4.69, 9.17) is 4.42 Å². The Morgan fingerprint density at radius 2 is 2.33 bits per heavy atom. The van der Waals surface area contributed by atoms with Gasteiger partial charge in [0.1, 0.15) is 10.7 Å². The van der Waals surface area contributed by atoms with E-state index >= 15 is 0 Å². The minimum Gasteiger partial charge on any atom is -0.462 e. The van der Waals surface area contributed by atoms with Crippen molar-refractivity contribution in [1.82, 2.24) is 15.2 Å². The molecule has 0 spiro atoms. The van der Waals surface area contributed by atoms with Gasteiger partial charge in [-0.25, -0.2) is 4.98 Å². The fourth-order valence-corrected chi connectivity index (χ4v) is 3.27. The van der Waals surface area contributed by atoms with Crippen LogP contribution in [0.2, 0.25) is 0 Å². The van der Waals surface area contributed by atoms with Crippen LogP contribution in [0, 0.1) is 0 Å². The molecular weight excluding hydrogens is 308 g/mol. The van der Waals surface area contributed by atoms with Crippen molar-refractivity contribution in [2.45, 2.75) is 19.8 Å². The first-order valence-electron chi connectivity index (χ1n) is 6.39. The molecule has 0 aliphatic carbocycles.